The van der Waals surface area contributed by atoms with E-state index < -0.39 is 0 Å². The van der Waals surface area contributed by atoms with Gasteiger partial charge in [-0.2, -0.15) is 0 Å². The molecule has 3 nitrogen and oxygen atoms in total. The minimum atomic E-state index is 0.447. The second kappa shape index (κ2) is 5.32. The van der Waals surface area contributed by atoms with Gasteiger partial charge < -0.3 is 5.43 Å². The van der Waals surface area contributed by atoms with Gasteiger partial charge in [-0.05, 0) is 43.9 Å². The summed E-state index contributed by atoms with van der Waals surface area (Å²) in [6.07, 6.45) is 4.96. The Morgan fingerprint density at radius 1 is 1.24 bits per heavy atom. The minimum absolute atomic E-state index is 0.447. The van der Waals surface area contributed by atoms with Gasteiger partial charge in [0.2, 0.25) is 0 Å². The average Bonchev–Trinajstić information content (AvgIpc) is 2.82. The molecule has 0 unspecified atom stereocenters. The molecule has 0 heterocycles. The largest absolute Gasteiger partial charge is 0.308 e. The summed E-state index contributed by atoms with van der Waals surface area (Å²) in [4.78, 5) is 4.72. The lowest BCUT2D eigenvalue weighted by atomic mass is 10.1. The second-order valence-corrected chi connectivity index (χ2v) is 4.86. The first-order valence-electron chi connectivity index (χ1n) is 6.33. The van der Waals surface area contributed by atoms with Crippen LogP contribution in [0.3, 0.4) is 0 Å². The van der Waals surface area contributed by atoms with Crippen molar-refractivity contribution in [2.75, 3.05) is 0 Å². The Bertz CT molecular complexity index is 417. The van der Waals surface area contributed by atoms with Crippen molar-refractivity contribution in [3.8, 4) is 0 Å². The van der Waals surface area contributed by atoms with Gasteiger partial charge in [-0.25, -0.2) is 5.84 Å². The summed E-state index contributed by atoms with van der Waals surface area (Å²) in [6, 6.07) is 6.79. The lowest BCUT2D eigenvalue weighted by molar-refractivity contribution is 0.701. The molecule has 0 spiro atoms. The van der Waals surface area contributed by atoms with Gasteiger partial charge in [0.25, 0.3) is 0 Å². The van der Waals surface area contributed by atoms with E-state index in [0.717, 1.165) is 11.4 Å². The third kappa shape index (κ3) is 2.86. The molecule has 0 amide bonds. The Morgan fingerprint density at radius 2 is 1.94 bits per heavy atom. The van der Waals surface area contributed by atoms with E-state index in [1.807, 2.05) is 0 Å². The number of hydrogen-bond acceptors (Lipinski definition) is 2. The second-order valence-electron chi connectivity index (χ2n) is 4.86. The first-order valence-corrected chi connectivity index (χ1v) is 6.33. The predicted molar refractivity (Wildman–Crippen MR) is 72.0 cm³/mol. The van der Waals surface area contributed by atoms with E-state index in [9.17, 15) is 0 Å². The molecule has 0 saturated heterocycles. The van der Waals surface area contributed by atoms with E-state index in [2.05, 4.69) is 37.5 Å². The Hall–Kier alpha value is -1.35. The molecule has 3 N–H and O–H groups in total. The van der Waals surface area contributed by atoms with E-state index in [1.54, 1.807) is 0 Å². The molecule has 1 saturated carbocycles. The van der Waals surface area contributed by atoms with Gasteiger partial charge >= 0.3 is 0 Å². The van der Waals surface area contributed by atoms with E-state index >= 15 is 0 Å². The third-order valence-electron chi connectivity index (χ3n) is 3.55. The maximum absolute atomic E-state index is 5.59. The normalized spacial score (nSPS) is 17.5. The van der Waals surface area contributed by atoms with Crippen LogP contribution in [0.15, 0.2) is 23.2 Å². The number of nitrogens with one attached hydrogen (secondary N) is 1. The zero-order chi connectivity index (χ0) is 12.3. The number of nitrogens with zero attached hydrogens (tertiary/aromatic N) is 1. The maximum atomic E-state index is 5.59. The van der Waals surface area contributed by atoms with Crippen LogP contribution >= 0.6 is 0 Å². The van der Waals surface area contributed by atoms with Crippen LogP contribution in [-0.2, 0) is 0 Å². The molecule has 0 radical (unpaired) electrons. The van der Waals surface area contributed by atoms with E-state index in [1.165, 1.54) is 36.8 Å². The summed E-state index contributed by atoms with van der Waals surface area (Å²) in [7, 11) is 0. The van der Waals surface area contributed by atoms with Crippen LogP contribution in [0.25, 0.3) is 0 Å². The molecule has 1 fully saturated rings. The summed E-state index contributed by atoms with van der Waals surface area (Å²) < 4.78 is 0. The lowest BCUT2D eigenvalue weighted by Crippen LogP contribution is -2.32. The Labute approximate surface area is 103 Å². The molecule has 0 bridgehead atoms. The number of aryl methyl sites for hydroxylation is 2. The molecule has 92 valence electrons. The number of nitrogens with two attached hydrogens (primary N) is 1. The van der Waals surface area contributed by atoms with Crippen molar-refractivity contribution >= 4 is 5.84 Å². The van der Waals surface area contributed by atoms with Crippen LogP contribution in [0, 0.1) is 13.8 Å². The van der Waals surface area contributed by atoms with E-state index in [-0.39, 0.29) is 0 Å². The van der Waals surface area contributed by atoms with Gasteiger partial charge in [-0.3, -0.25) is 4.99 Å². The maximum Gasteiger partial charge on any atom is 0.142 e. The quantitative estimate of drug-likeness (QED) is 0.355. The average molecular weight is 231 g/mol. The van der Waals surface area contributed by atoms with Crippen molar-refractivity contribution in [1.82, 2.24) is 5.43 Å². The molecule has 1 aromatic rings. The number of amidine groups is 1. The topological polar surface area (TPSA) is 50.4 Å². The monoisotopic (exact) mass is 231 g/mol. The lowest BCUT2D eigenvalue weighted by Gasteiger charge is -2.11. The first kappa shape index (κ1) is 12.1. The minimum Gasteiger partial charge on any atom is -0.308 e. The Balaban J connectivity index is 2.24. The molecular weight excluding hydrogens is 210 g/mol. The van der Waals surface area contributed by atoms with Gasteiger partial charge in [0, 0.05) is 5.56 Å². The van der Waals surface area contributed by atoms with Crippen LogP contribution in [0.4, 0.5) is 0 Å². The van der Waals surface area contributed by atoms with Gasteiger partial charge in [-0.15, -0.1) is 0 Å². The number of benzene rings is 1. The highest BCUT2D eigenvalue weighted by Crippen LogP contribution is 2.21. The Kier molecular flexibility index (Phi) is 3.79. The zero-order valence-corrected chi connectivity index (χ0v) is 10.7. The first-order chi connectivity index (χ1) is 8.20. The van der Waals surface area contributed by atoms with Crippen molar-refractivity contribution < 1.29 is 0 Å². The number of hydrogen-bond donors (Lipinski definition) is 2. The zero-order valence-electron chi connectivity index (χ0n) is 10.7. The Morgan fingerprint density at radius 3 is 2.53 bits per heavy atom. The fraction of sp³-hybridized carbons (Fsp3) is 0.500. The van der Waals surface area contributed by atoms with Crippen LogP contribution < -0.4 is 11.3 Å². The van der Waals surface area contributed by atoms with Crippen molar-refractivity contribution in [3.63, 3.8) is 0 Å². The summed E-state index contributed by atoms with van der Waals surface area (Å²) in [5, 5.41) is 0. The smallest absolute Gasteiger partial charge is 0.142 e. The highest BCUT2D eigenvalue weighted by molar-refractivity contribution is 5.98. The third-order valence-corrected chi connectivity index (χ3v) is 3.55. The van der Waals surface area contributed by atoms with Crippen LogP contribution in [0.2, 0.25) is 0 Å². The summed E-state index contributed by atoms with van der Waals surface area (Å²) in [5.74, 6) is 6.41. The molecule has 0 aromatic heterocycles. The van der Waals surface area contributed by atoms with Gasteiger partial charge in [0.1, 0.15) is 5.84 Å². The fourth-order valence-electron chi connectivity index (χ4n) is 2.30. The van der Waals surface area contributed by atoms with Crippen molar-refractivity contribution in [2.24, 2.45) is 10.8 Å². The molecular formula is C14H21N3. The molecule has 1 aliphatic carbocycles. The molecule has 17 heavy (non-hydrogen) atoms. The molecule has 0 atom stereocenters. The van der Waals surface area contributed by atoms with Crippen LogP contribution in [-0.4, -0.2) is 11.9 Å². The molecule has 0 aliphatic heterocycles. The van der Waals surface area contributed by atoms with Gasteiger partial charge in [-0.1, -0.05) is 25.0 Å². The fourth-order valence-corrected chi connectivity index (χ4v) is 2.30. The van der Waals surface area contributed by atoms with Crippen LogP contribution in [0.5, 0.6) is 0 Å². The van der Waals surface area contributed by atoms with Gasteiger partial charge in [0.15, 0.2) is 0 Å². The number of rotatable bonds is 2. The van der Waals surface area contributed by atoms with E-state index in [0.29, 0.717) is 6.04 Å². The summed E-state index contributed by atoms with van der Waals surface area (Å²) >= 11 is 0. The SMILES string of the molecule is Cc1ccc(C(=NC2CCCC2)NN)cc1C. The molecule has 3 heteroatoms. The standard InChI is InChI=1S/C14H21N3/c1-10-7-8-12(9-11(10)2)14(17-15)16-13-5-3-4-6-13/h7-9,13H,3-6,15H2,1-2H3,(H,16,17). The number of hydrazine groups is 1. The molecule has 1 aliphatic rings. The van der Waals surface area contributed by atoms with Crippen molar-refractivity contribution in [3.05, 3.63) is 34.9 Å². The number of aliphatic imine (C=N–C) groups is 1. The van der Waals surface area contributed by atoms with Gasteiger partial charge in [0.05, 0.1) is 6.04 Å². The summed E-state index contributed by atoms with van der Waals surface area (Å²) in [5.41, 5.74) is 6.40. The summed E-state index contributed by atoms with van der Waals surface area (Å²) in [6.45, 7) is 4.23. The highest BCUT2D eigenvalue weighted by atomic mass is 15.3. The van der Waals surface area contributed by atoms with Crippen molar-refractivity contribution in [1.29, 1.82) is 0 Å². The van der Waals surface area contributed by atoms with E-state index in [4.69, 9.17) is 10.8 Å². The molecule has 1 aromatic carbocycles. The van der Waals surface area contributed by atoms with Crippen molar-refractivity contribution in [2.45, 2.75) is 45.6 Å². The molecule has 2 rings (SSSR count). The highest BCUT2D eigenvalue weighted by Gasteiger charge is 2.15. The van der Waals surface area contributed by atoms with Crippen LogP contribution in [0.1, 0.15) is 42.4 Å². The predicted octanol–water partition coefficient (Wildman–Crippen LogP) is 2.46.